The number of fused-ring (bicyclic) bond motifs is 1. The van der Waals surface area contributed by atoms with E-state index in [0.29, 0.717) is 12.1 Å². The van der Waals surface area contributed by atoms with Crippen molar-refractivity contribution in [1.29, 1.82) is 0 Å². The van der Waals surface area contributed by atoms with E-state index in [0.717, 1.165) is 23.2 Å². The summed E-state index contributed by atoms with van der Waals surface area (Å²) in [5.74, 6) is -1.28. The zero-order chi connectivity index (χ0) is 21.9. The third-order valence-electron chi connectivity index (χ3n) is 5.24. The molecule has 6 nitrogen and oxygen atoms in total. The number of amides is 2. The first-order valence-corrected chi connectivity index (χ1v) is 10.1. The predicted molar refractivity (Wildman–Crippen MR) is 116 cm³/mol. The Bertz CT molecular complexity index is 944. The molecule has 0 unspecified atom stereocenters. The lowest BCUT2D eigenvalue weighted by molar-refractivity contribution is -0.149. The molecule has 0 aliphatic carbocycles. The van der Waals surface area contributed by atoms with E-state index in [2.05, 4.69) is 26.1 Å². The Balaban J connectivity index is 1.51. The molecular weight excluding hydrogens is 380 g/mol. The Kier molecular flexibility index (Phi) is 6.25. The van der Waals surface area contributed by atoms with E-state index >= 15 is 0 Å². The van der Waals surface area contributed by atoms with E-state index in [-0.39, 0.29) is 23.8 Å². The van der Waals surface area contributed by atoms with E-state index in [4.69, 9.17) is 4.74 Å². The van der Waals surface area contributed by atoms with Gasteiger partial charge in [-0.05, 0) is 48.1 Å². The van der Waals surface area contributed by atoms with Gasteiger partial charge in [-0.15, -0.1) is 0 Å². The quantitative estimate of drug-likeness (QED) is 0.771. The van der Waals surface area contributed by atoms with Gasteiger partial charge in [0.05, 0.1) is 0 Å². The van der Waals surface area contributed by atoms with Crippen LogP contribution in [-0.2, 0) is 26.2 Å². The fourth-order valence-electron chi connectivity index (χ4n) is 3.39. The van der Waals surface area contributed by atoms with Crippen LogP contribution in [0.2, 0.25) is 0 Å². The van der Waals surface area contributed by atoms with Gasteiger partial charge in [0.1, 0.15) is 6.04 Å². The first kappa shape index (κ1) is 21.6. The number of hydrogen-bond donors (Lipinski definition) is 1. The molecule has 1 aliphatic rings. The minimum Gasteiger partial charge on any atom is -0.454 e. The van der Waals surface area contributed by atoms with Crippen LogP contribution < -0.4 is 10.2 Å². The van der Waals surface area contributed by atoms with Crippen molar-refractivity contribution < 1.29 is 19.1 Å². The average molecular weight is 408 g/mol. The maximum Gasteiger partial charge on any atom is 0.328 e. The Labute approximate surface area is 177 Å². The molecule has 0 spiro atoms. The lowest BCUT2D eigenvalue weighted by Gasteiger charge is -2.20. The first-order valence-electron chi connectivity index (χ1n) is 10.1. The van der Waals surface area contributed by atoms with Crippen molar-refractivity contribution in [3.8, 4) is 0 Å². The third-order valence-corrected chi connectivity index (χ3v) is 5.24. The molecule has 0 bridgehead atoms. The van der Waals surface area contributed by atoms with Crippen LogP contribution in [0.5, 0.6) is 0 Å². The molecule has 1 N–H and O–H groups in total. The van der Waals surface area contributed by atoms with E-state index < -0.39 is 12.0 Å². The molecular formula is C24H28N2O4. The molecule has 0 radical (unpaired) electrons. The standard InChI is InChI=1S/C24H28N2O4/c1-16(25-22(28)18-9-11-19(12-10-18)24(2,3)4)23(29)30-15-21(27)26-14-13-17-7-5-6-8-20(17)26/h5-12,16H,13-15H2,1-4H3,(H,25,28)/t16-/m0/s1. The topological polar surface area (TPSA) is 75.7 Å². The largest absolute Gasteiger partial charge is 0.454 e. The number of nitrogens with zero attached hydrogens (tertiary/aromatic N) is 1. The Morgan fingerprint density at radius 2 is 1.73 bits per heavy atom. The van der Waals surface area contributed by atoms with Crippen LogP contribution in [0.3, 0.4) is 0 Å². The molecule has 6 heteroatoms. The monoisotopic (exact) mass is 408 g/mol. The molecule has 2 aromatic carbocycles. The van der Waals surface area contributed by atoms with Crippen molar-refractivity contribution in [3.05, 3.63) is 65.2 Å². The molecule has 3 rings (SSSR count). The summed E-state index contributed by atoms with van der Waals surface area (Å²) >= 11 is 0. The maximum atomic E-state index is 12.5. The van der Waals surface area contributed by atoms with Crippen LogP contribution in [0.25, 0.3) is 0 Å². The number of rotatable bonds is 5. The molecule has 0 fully saturated rings. The van der Waals surface area contributed by atoms with Crippen molar-refractivity contribution in [2.75, 3.05) is 18.1 Å². The molecule has 0 saturated heterocycles. The second kappa shape index (κ2) is 8.69. The Morgan fingerprint density at radius 3 is 2.40 bits per heavy atom. The number of carbonyl (C=O) groups excluding carboxylic acids is 3. The summed E-state index contributed by atoms with van der Waals surface area (Å²) < 4.78 is 5.15. The molecule has 158 valence electrons. The highest BCUT2D eigenvalue weighted by Crippen LogP contribution is 2.27. The summed E-state index contributed by atoms with van der Waals surface area (Å²) in [6.45, 7) is 8.06. The lowest BCUT2D eigenvalue weighted by atomic mass is 9.86. The molecule has 0 saturated carbocycles. The van der Waals surface area contributed by atoms with E-state index in [1.54, 1.807) is 24.0 Å². The summed E-state index contributed by atoms with van der Waals surface area (Å²) in [6, 6.07) is 14.1. The number of anilines is 1. The Morgan fingerprint density at radius 1 is 1.07 bits per heavy atom. The van der Waals surface area contributed by atoms with Crippen LogP contribution in [0.4, 0.5) is 5.69 Å². The predicted octanol–water partition coefficient (Wildman–Crippen LogP) is 3.23. The van der Waals surface area contributed by atoms with Crippen LogP contribution in [0, 0.1) is 0 Å². The molecule has 2 amide bonds. The van der Waals surface area contributed by atoms with Crippen molar-refractivity contribution in [1.82, 2.24) is 5.32 Å². The van der Waals surface area contributed by atoms with Gasteiger partial charge in [0.15, 0.2) is 6.61 Å². The molecule has 2 aromatic rings. The number of ether oxygens (including phenoxy) is 1. The second-order valence-electron chi connectivity index (χ2n) is 8.55. The number of carbonyl (C=O) groups is 3. The highest BCUT2D eigenvalue weighted by molar-refractivity contribution is 5.98. The Hall–Kier alpha value is -3.15. The van der Waals surface area contributed by atoms with Crippen molar-refractivity contribution >= 4 is 23.5 Å². The SMILES string of the molecule is C[C@H](NC(=O)c1ccc(C(C)(C)C)cc1)C(=O)OCC(=O)N1CCc2ccccc21. The van der Waals surface area contributed by atoms with Crippen LogP contribution >= 0.6 is 0 Å². The highest BCUT2D eigenvalue weighted by atomic mass is 16.5. The summed E-state index contributed by atoms with van der Waals surface area (Å²) in [7, 11) is 0. The van der Waals surface area contributed by atoms with Crippen LogP contribution in [-0.4, -0.2) is 37.0 Å². The average Bonchev–Trinajstić information content (AvgIpc) is 3.15. The van der Waals surface area contributed by atoms with Gasteiger partial charge in [-0.25, -0.2) is 4.79 Å². The smallest absolute Gasteiger partial charge is 0.328 e. The van der Waals surface area contributed by atoms with Gasteiger partial charge in [-0.3, -0.25) is 9.59 Å². The zero-order valence-corrected chi connectivity index (χ0v) is 17.9. The van der Waals surface area contributed by atoms with E-state index in [9.17, 15) is 14.4 Å². The first-order chi connectivity index (χ1) is 14.2. The van der Waals surface area contributed by atoms with Crippen molar-refractivity contribution in [2.24, 2.45) is 0 Å². The lowest BCUT2D eigenvalue weighted by Crippen LogP contribution is -2.41. The zero-order valence-electron chi connectivity index (χ0n) is 17.9. The van der Waals surface area contributed by atoms with Gasteiger partial charge >= 0.3 is 5.97 Å². The van der Waals surface area contributed by atoms with Gasteiger partial charge in [0, 0.05) is 17.8 Å². The normalized spacial score (nSPS) is 14.1. The highest BCUT2D eigenvalue weighted by Gasteiger charge is 2.26. The van der Waals surface area contributed by atoms with Gasteiger partial charge in [0.2, 0.25) is 0 Å². The van der Waals surface area contributed by atoms with Crippen LogP contribution in [0.15, 0.2) is 48.5 Å². The number of para-hydroxylation sites is 1. The molecule has 0 aromatic heterocycles. The molecule has 30 heavy (non-hydrogen) atoms. The van der Waals surface area contributed by atoms with Gasteiger partial charge in [-0.1, -0.05) is 51.1 Å². The van der Waals surface area contributed by atoms with Crippen LogP contribution in [0.1, 0.15) is 49.2 Å². The maximum absolute atomic E-state index is 12.5. The second-order valence-corrected chi connectivity index (χ2v) is 8.55. The number of esters is 1. The van der Waals surface area contributed by atoms with Crippen molar-refractivity contribution in [2.45, 2.75) is 45.6 Å². The summed E-state index contributed by atoms with van der Waals surface area (Å²) in [5.41, 5.74) is 3.55. The molecule has 1 heterocycles. The number of nitrogens with one attached hydrogen (secondary N) is 1. The molecule has 1 atom stereocenters. The fraction of sp³-hybridized carbons (Fsp3) is 0.375. The third kappa shape index (κ3) is 4.87. The summed E-state index contributed by atoms with van der Waals surface area (Å²) in [6.07, 6.45) is 0.788. The number of hydrogen-bond acceptors (Lipinski definition) is 4. The summed E-state index contributed by atoms with van der Waals surface area (Å²) in [5, 5.41) is 2.62. The van der Waals surface area contributed by atoms with Gasteiger partial charge in [-0.2, -0.15) is 0 Å². The summed E-state index contributed by atoms with van der Waals surface area (Å²) in [4.78, 5) is 38.7. The van der Waals surface area contributed by atoms with Crippen molar-refractivity contribution in [3.63, 3.8) is 0 Å². The van der Waals surface area contributed by atoms with Gasteiger partial charge in [0.25, 0.3) is 11.8 Å². The fourth-order valence-corrected chi connectivity index (χ4v) is 3.39. The van der Waals surface area contributed by atoms with E-state index in [1.165, 1.54) is 0 Å². The van der Waals surface area contributed by atoms with Gasteiger partial charge < -0.3 is 15.0 Å². The minimum absolute atomic E-state index is 0.00546. The molecule has 1 aliphatic heterocycles. The number of benzene rings is 2. The van der Waals surface area contributed by atoms with E-state index in [1.807, 2.05) is 36.4 Å². The minimum atomic E-state index is -0.863.